The van der Waals surface area contributed by atoms with E-state index < -0.39 is 22.7 Å². The summed E-state index contributed by atoms with van der Waals surface area (Å²) in [7, 11) is 0. The minimum absolute atomic E-state index is 0.0634. The molecule has 0 saturated heterocycles. The van der Waals surface area contributed by atoms with Crippen molar-refractivity contribution < 1.29 is 29.2 Å². The topological polar surface area (TPSA) is 168 Å². The van der Waals surface area contributed by atoms with Crippen LogP contribution in [0.1, 0.15) is 26.3 Å². The quantitative estimate of drug-likeness (QED) is 0.0769. The third-order valence-electron chi connectivity index (χ3n) is 5.82. The molecule has 4 aromatic rings. The smallest absolute Gasteiger partial charge is 0.335 e. The lowest BCUT2D eigenvalue weighted by Crippen LogP contribution is -2.30. The molecule has 0 aromatic heterocycles. The number of carbonyl (C=O) groups is 4. The summed E-state index contributed by atoms with van der Waals surface area (Å²) < 4.78 is 0. The summed E-state index contributed by atoms with van der Waals surface area (Å²) in [6.45, 7) is 0. The number of carbonyl (C=O) groups excluding carboxylic acids is 3. The van der Waals surface area contributed by atoms with Crippen molar-refractivity contribution in [2.45, 2.75) is 4.90 Å². The molecule has 12 heteroatoms. The number of anilines is 2. The minimum Gasteiger partial charge on any atom is -0.478 e. The fraction of sp³-hybridized carbons (Fsp3) is 0.0323. The normalized spacial score (nSPS) is 10.8. The molecule has 0 bridgehead atoms. The Morgan fingerprint density at radius 3 is 2.12 bits per heavy atom. The SMILES string of the molecule is O=C(CSc1ccc(NC(=O)/C(=C/c2ccc([N+](=O)[O-])cc2)NC(=O)c2ccccc2)cc1)Nc1cccc(C(=O)O)c1. The number of carboxylic acids is 1. The monoisotopic (exact) mass is 596 g/mol. The van der Waals surface area contributed by atoms with Crippen molar-refractivity contribution in [3.05, 3.63) is 136 Å². The minimum atomic E-state index is -1.09. The predicted molar refractivity (Wildman–Crippen MR) is 163 cm³/mol. The van der Waals surface area contributed by atoms with Gasteiger partial charge >= 0.3 is 5.97 Å². The Kier molecular flexibility index (Phi) is 10.0. The van der Waals surface area contributed by atoms with Gasteiger partial charge in [0.15, 0.2) is 0 Å². The van der Waals surface area contributed by atoms with Gasteiger partial charge in [0.2, 0.25) is 5.91 Å². The third-order valence-corrected chi connectivity index (χ3v) is 6.83. The Morgan fingerprint density at radius 2 is 1.47 bits per heavy atom. The van der Waals surface area contributed by atoms with Crippen LogP contribution in [0.4, 0.5) is 17.1 Å². The fourth-order valence-corrected chi connectivity index (χ4v) is 4.41. The maximum atomic E-state index is 13.2. The van der Waals surface area contributed by atoms with Gasteiger partial charge < -0.3 is 21.1 Å². The first-order chi connectivity index (χ1) is 20.7. The molecule has 4 aromatic carbocycles. The molecule has 0 aliphatic carbocycles. The van der Waals surface area contributed by atoms with E-state index in [0.717, 1.165) is 4.90 Å². The van der Waals surface area contributed by atoms with Crippen LogP contribution in [0.2, 0.25) is 0 Å². The van der Waals surface area contributed by atoms with Crippen LogP contribution < -0.4 is 16.0 Å². The highest BCUT2D eigenvalue weighted by atomic mass is 32.2. The number of nitrogens with one attached hydrogen (secondary N) is 3. The molecule has 43 heavy (non-hydrogen) atoms. The van der Waals surface area contributed by atoms with Gasteiger partial charge in [0.25, 0.3) is 17.5 Å². The number of non-ortho nitro benzene ring substituents is 1. The Hall–Kier alpha value is -5.75. The van der Waals surface area contributed by atoms with Crippen LogP contribution in [0.15, 0.2) is 114 Å². The lowest BCUT2D eigenvalue weighted by Gasteiger charge is -2.12. The zero-order valence-electron chi connectivity index (χ0n) is 22.4. The molecule has 4 rings (SSSR count). The Balaban J connectivity index is 1.41. The molecule has 0 atom stereocenters. The molecule has 0 aliphatic rings. The van der Waals surface area contributed by atoms with Crippen molar-refractivity contribution in [1.82, 2.24) is 5.32 Å². The number of hydrogen-bond acceptors (Lipinski definition) is 7. The largest absolute Gasteiger partial charge is 0.478 e. The Morgan fingerprint density at radius 1 is 0.791 bits per heavy atom. The highest BCUT2D eigenvalue weighted by molar-refractivity contribution is 8.00. The standard InChI is InChI=1S/C31H24N4O7S/c36-28(32-24-8-4-7-22(18-24)31(39)40)19-43-26-15-11-23(12-16-26)33-30(38)27(34-29(37)21-5-2-1-3-6-21)17-20-9-13-25(14-10-20)35(41)42/h1-18H,19H2,(H,32,36)(H,33,38)(H,34,37)(H,39,40)/b27-17-. The van der Waals surface area contributed by atoms with E-state index in [1.165, 1.54) is 54.2 Å². The summed E-state index contributed by atoms with van der Waals surface area (Å²) >= 11 is 1.25. The van der Waals surface area contributed by atoms with Gasteiger partial charge in [0, 0.05) is 34.0 Å². The van der Waals surface area contributed by atoms with Crippen molar-refractivity contribution in [2.24, 2.45) is 0 Å². The van der Waals surface area contributed by atoms with Gasteiger partial charge in [-0.05, 0) is 78.4 Å². The van der Waals surface area contributed by atoms with Crippen LogP contribution in [-0.4, -0.2) is 39.5 Å². The molecule has 3 amide bonds. The molecule has 0 fully saturated rings. The lowest BCUT2D eigenvalue weighted by molar-refractivity contribution is -0.384. The number of nitrogens with zero attached hydrogens (tertiary/aromatic N) is 1. The van der Waals surface area contributed by atoms with Crippen molar-refractivity contribution >= 4 is 58.6 Å². The van der Waals surface area contributed by atoms with Crippen molar-refractivity contribution in [3.8, 4) is 0 Å². The number of nitro groups is 1. The van der Waals surface area contributed by atoms with E-state index in [0.29, 0.717) is 22.5 Å². The van der Waals surface area contributed by atoms with E-state index in [2.05, 4.69) is 16.0 Å². The van der Waals surface area contributed by atoms with E-state index in [-0.39, 0.29) is 28.6 Å². The maximum absolute atomic E-state index is 13.2. The molecule has 4 N–H and O–H groups in total. The first-order valence-corrected chi connectivity index (χ1v) is 13.7. The second-order valence-electron chi connectivity index (χ2n) is 8.93. The van der Waals surface area contributed by atoms with Crippen LogP contribution in [0.5, 0.6) is 0 Å². The molecule has 0 radical (unpaired) electrons. The van der Waals surface area contributed by atoms with E-state index >= 15 is 0 Å². The second-order valence-corrected chi connectivity index (χ2v) is 9.98. The van der Waals surface area contributed by atoms with Gasteiger partial charge in [-0.25, -0.2) is 4.79 Å². The van der Waals surface area contributed by atoms with Gasteiger partial charge in [-0.15, -0.1) is 11.8 Å². The van der Waals surface area contributed by atoms with Crippen LogP contribution >= 0.6 is 11.8 Å². The summed E-state index contributed by atoms with van der Waals surface area (Å²) in [5, 5.41) is 28.1. The van der Waals surface area contributed by atoms with Crippen molar-refractivity contribution in [2.75, 3.05) is 16.4 Å². The number of hydrogen-bond donors (Lipinski definition) is 4. The molecule has 11 nitrogen and oxygen atoms in total. The number of aromatic carboxylic acids is 1. The molecule has 216 valence electrons. The van der Waals surface area contributed by atoms with Gasteiger partial charge in [-0.3, -0.25) is 24.5 Å². The number of amides is 3. The molecular weight excluding hydrogens is 572 g/mol. The lowest BCUT2D eigenvalue weighted by atomic mass is 10.1. The fourth-order valence-electron chi connectivity index (χ4n) is 3.71. The first-order valence-electron chi connectivity index (χ1n) is 12.7. The number of rotatable bonds is 11. The van der Waals surface area contributed by atoms with Crippen LogP contribution in [-0.2, 0) is 9.59 Å². The summed E-state index contributed by atoms with van der Waals surface area (Å²) in [4.78, 5) is 60.6. The average Bonchev–Trinajstić information content (AvgIpc) is 3.01. The molecule has 0 saturated carbocycles. The number of thioether (sulfide) groups is 1. The van der Waals surface area contributed by atoms with E-state index in [4.69, 9.17) is 5.11 Å². The Labute approximate surface area is 249 Å². The predicted octanol–water partition coefficient (Wildman–Crippen LogP) is 5.43. The van der Waals surface area contributed by atoms with Gasteiger partial charge in [0.05, 0.1) is 16.2 Å². The number of benzene rings is 4. The van der Waals surface area contributed by atoms with Crippen LogP contribution in [0, 0.1) is 10.1 Å². The van der Waals surface area contributed by atoms with E-state index in [1.54, 1.807) is 66.7 Å². The van der Waals surface area contributed by atoms with Gasteiger partial charge in [-0.1, -0.05) is 24.3 Å². The summed E-state index contributed by atoms with van der Waals surface area (Å²) in [6, 6.07) is 26.5. The van der Waals surface area contributed by atoms with E-state index in [9.17, 15) is 29.3 Å². The summed E-state index contributed by atoms with van der Waals surface area (Å²) in [5.41, 5.74) is 1.47. The highest BCUT2D eigenvalue weighted by Crippen LogP contribution is 2.22. The number of carboxylic acid groups (broad SMARTS) is 1. The van der Waals surface area contributed by atoms with Crippen LogP contribution in [0.25, 0.3) is 6.08 Å². The van der Waals surface area contributed by atoms with E-state index in [1.807, 2.05) is 0 Å². The average molecular weight is 597 g/mol. The summed E-state index contributed by atoms with van der Waals surface area (Å²) in [5.74, 6) is -2.48. The summed E-state index contributed by atoms with van der Waals surface area (Å²) in [6.07, 6.45) is 1.41. The second kappa shape index (κ2) is 14.2. The maximum Gasteiger partial charge on any atom is 0.335 e. The highest BCUT2D eigenvalue weighted by Gasteiger charge is 2.16. The third kappa shape index (κ3) is 8.87. The molecule has 0 spiro atoms. The molecule has 0 aliphatic heterocycles. The molecule has 0 unspecified atom stereocenters. The van der Waals surface area contributed by atoms with Gasteiger partial charge in [-0.2, -0.15) is 0 Å². The first kappa shape index (κ1) is 30.2. The molecular formula is C31H24N4O7S. The van der Waals surface area contributed by atoms with Crippen LogP contribution in [0.3, 0.4) is 0 Å². The zero-order chi connectivity index (χ0) is 30.8. The number of nitro benzene ring substituents is 1. The zero-order valence-corrected chi connectivity index (χ0v) is 23.2. The molecule has 0 heterocycles. The van der Waals surface area contributed by atoms with Crippen molar-refractivity contribution in [1.29, 1.82) is 0 Å². The van der Waals surface area contributed by atoms with Gasteiger partial charge in [0.1, 0.15) is 5.70 Å². The Bertz CT molecular complexity index is 1690. The van der Waals surface area contributed by atoms with Crippen molar-refractivity contribution in [3.63, 3.8) is 0 Å².